The van der Waals surface area contributed by atoms with Crippen molar-refractivity contribution in [3.63, 3.8) is 0 Å². The van der Waals surface area contributed by atoms with Crippen LogP contribution in [0.15, 0.2) is 24.3 Å². The summed E-state index contributed by atoms with van der Waals surface area (Å²) in [6.07, 6.45) is 3.32. The molecule has 1 aliphatic carbocycles. The standard InChI is InChI=1S/C18H26ClN3O/c1-22(2)16(13-5-3-4-6-15(13)19)12-21-17(23)14-11-18(14)7-9-20-10-8-18/h3-6,14,16,20H,7-12H2,1-2H3,(H,21,23). The Balaban J connectivity index is 1.60. The Kier molecular flexibility index (Phi) is 4.95. The maximum Gasteiger partial charge on any atom is 0.223 e. The van der Waals surface area contributed by atoms with Gasteiger partial charge in [0.05, 0.1) is 6.04 Å². The van der Waals surface area contributed by atoms with Gasteiger partial charge in [-0.2, -0.15) is 0 Å². The Morgan fingerprint density at radius 1 is 1.39 bits per heavy atom. The lowest BCUT2D eigenvalue weighted by Gasteiger charge is -2.27. The number of hydrogen-bond acceptors (Lipinski definition) is 3. The van der Waals surface area contributed by atoms with Gasteiger partial charge in [-0.15, -0.1) is 0 Å². The Hall–Kier alpha value is -1.10. The van der Waals surface area contributed by atoms with Crippen molar-refractivity contribution in [2.24, 2.45) is 11.3 Å². The van der Waals surface area contributed by atoms with Gasteiger partial charge in [-0.25, -0.2) is 0 Å². The van der Waals surface area contributed by atoms with Crippen LogP contribution < -0.4 is 10.6 Å². The van der Waals surface area contributed by atoms with Gasteiger partial charge in [0.25, 0.3) is 0 Å². The number of piperidine rings is 1. The number of nitrogens with one attached hydrogen (secondary N) is 2. The second-order valence-corrected chi connectivity index (χ2v) is 7.52. The molecule has 2 atom stereocenters. The molecule has 0 bridgehead atoms. The molecule has 126 valence electrons. The molecule has 0 radical (unpaired) electrons. The molecule has 1 amide bonds. The number of likely N-dealkylation sites (N-methyl/N-ethyl adjacent to an activating group) is 1. The predicted octanol–water partition coefficient (Wildman–Crippen LogP) is 2.45. The topological polar surface area (TPSA) is 44.4 Å². The van der Waals surface area contributed by atoms with Crippen LogP contribution in [-0.2, 0) is 4.79 Å². The fraction of sp³-hybridized carbons (Fsp3) is 0.611. The summed E-state index contributed by atoms with van der Waals surface area (Å²) in [5.74, 6) is 0.421. The van der Waals surface area contributed by atoms with Crippen molar-refractivity contribution in [1.29, 1.82) is 0 Å². The van der Waals surface area contributed by atoms with Gasteiger partial charge in [-0.3, -0.25) is 4.79 Å². The molecule has 1 heterocycles. The highest BCUT2D eigenvalue weighted by molar-refractivity contribution is 6.31. The van der Waals surface area contributed by atoms with E-state index in [1.54, 1.807) is 0 Å². The summed E-state index contributed by atoms with van der Waals surface area (Å²) in [4.78, 5) is 14.6. The third kappa shape index (κ3) is 3.54. The second-order valence-electron chi connectivity index (χ2n) is 7.12. The minimum atomic E-state index is 0.0929. The smallest absolute Gasteiger partial charge is 0.223 e. The Bertz CT molecular complexity index is 569. The van der Waals surface area contributed by atoms with Crippen molar-refractivity contribution in [2.45, 2.75) is 25.3 Å². The molecular formula is C18H26ClN3O. The number of nitrogens with zero attached hydrogens (tertiary/aromatic N) is 1. The lowest BCUT2D eigenvalue weighted by molar-refractivity contribution is -0.123. The van der Waals surface area contributed by atoms with E-state index in [1.807, 2.05) is 38.4 Å². The van der Waals surface area contributed by atoms with E-state index in [1.165, 1.54) is 0 Å². The van der Waals surface area contributed by atoms with Crippen molar-refractivity contribution < 1.29 is 4.79 Å². The zero-order chi connectivity index (χ0) is 16.4. The van der Waals surface area contributed by atoms with Crippen LogP contribution in [0, 0.1) is 11.3 Å². The number of benzene rings is 1. The van der Waals surface area contributed by atoms with E-state index in [9.17, 15) is 4.79 Å². The van der Waals surface area contributed by atoms with E-state index in [4.69, 9.17) is 11.6 Å². The highest BCUT2D eigenvalue weighted by Crippen LogP contribution is 2.58. The molecule has 4 nitrogen and oxygen atoms in total. The first kappa shape index (κ1) is 16.7. The van der Waals surface area contributed by atoms with Crippen molar-refractivity contribution in [3.05, 3.63) is 34.9 Å². The van der Waals surface area contributed by atoms with Crippen molar-refractivity contribution in [3.8, 4) is 0 Å². The number of carbonyl (C=O) groups excluding carboxylic acids is 1. The Labute approximate surface area is 143 Å². The molecule has 1 aliphatic heterocycles. The molecule has 0 aromatic heterocycles. The molecule has 1 spiro atoms. The van der Waals surface area contributed by atoms with Crippen LogP contribution in [0.2, 0.25) is 5.02 Å². The Morgan fingerprint density at radius 3 is 2.74 bits per heavy atom. The van der Waals surface area contributed by atoms with Crippen LogP contribution >= 0.6 is 11.6 Å². The van der Waals surface area contributed by atoms with E-state index in [0.29, 0.717) is 6.54 Å². The SMILES string of the molecule is CN(C)C(CNC(=O)C1CC12CCNCC2)c1ccccc1Cl. The van der Waals surface area contributed by atoms with E-state index >= 15 is 0 Å². The van der Waals surface area contributed by atoms with Gasteiger partial charge in [-0.1, -0.05) is 29.8 Å². The number of halogens is 1. The monoisotopic (exact) mass is 335 g/mol. The molecule has 23 heavy (non-hydrogen) atoms. The third-order valence-corrected chi connectivity index (χ3v) is 5.81. The maximum atomic E-state index is 12.5. The van der Waals surface area contributed by atoms with Crippen LogP contribution in [0.1, 0.15) is 30.9 Å². The maximum absolute atomic E-state index is 12.5. The quantitative estimate of drug-likeness (QED) is 0.868. The van der Waals surface area contributed by atoms with Gasteiger partial charge in [-0.05, 0) is 63.5 Å². The number of rotatable bonds is 5. The summed E-state index contributed by atoms with van der Waals surface area (Å²) in [7, 11) is 4.04. The number of carbonyl (C=O) groups is 1. The lowest BCUT2D eigenvalue weighted by atomic mass is 9.91. The van der Waals surface area contributed by atoms with E-state index < -0.39 is 0 Å². The number of amides is 1. The minimum Gasteiger partial charge on any atom is -0.354 e. The molecule has 1 aromatic carbocycles. The van der Waals surface area contributed by atoms with Crippen LogP contribution in [-0.4, -0.2) is 44.5 Å². The normalized spacial score (nSPS) is 23.7. The summed E-state index contributed by atoms with van der Waals surface area (Å²) < 4.78 is 0. The van der Waals surface area contributed by atoms with E-state index in [0.717, 1.165) is 42.9 Å². The lowest BCUT2D eigenvalue weighted by Crippen LogP contribution is -2.37. The van der Waals surface area contributed by atoms with E-state index in [-0.39, 0.29) is 23.3 Å². The molecule has 1 saturated carbocycles. The van der Waals surface area contributed by atoms with Crippen LogP contribution in [0.4, 0.5) is 0 Å². The zero-order valence-electron chi connectivity index (χ0n) is 13.9. The molecule has 2 fully saturated rings. The first-order valence-electron chi connectivity index (χ1n) is 8.43. The average molecular weight is 336 g/mol. The van der Waals surface area contributed by atoms with Crippen molar-refractivity contribution in [1.82, 2.24) is 15.5 Å². The first-order chi connectivity index (χ1) is 11.0. The summed E-state index contributed by atoms with van der Waals surface area (Å²) in [5, 5.41) is 7.29. The molecule has 2 N–H and O–H groups in total. The summed E-state index contributed by atoms with van der Waals surface area (Å²) in [5.41, 5.74) is 1.35. The van der Waals surface area contributed by atoms with Gasteiger partial charge in [0.1, 0.15) is 0 Å². The van der Waals surface area contributed by atoms with Gasteiger partial charge < -0.3 is 15.5 Å². The molecular weight excluding hydrogens is 310 g/mol. The molecule has 1 saturated heterocycles. The number of hydrogen-bond donors (Lipinski definition) is 2. The van der Waals surface area contributed by atoms with Crippen LogP contribution in [0.3, 0.4) is 0 Å². The first-order valence-corrected chi connectivity index (χ1v) is 8.80. The highest BCUT2D eigenvalue weighted by atomic mass is 35.5. The second kappa shape index (κ2) is 6.80. The van der Waals surface area contributed by atoms with Gasteiger partial charge in [0.15, 0.2) is 0 Å². The fourth-order valence-corrected chi connectivity index (χ4v) is 4.09. The van der Waals surface area contributed by atoms with Crippen LogP contribution in [0.25, 0.3) is 0 Å². The van der Waals surface area contributed by atoms with Crippen molar-refractivity contribution in [2.75, 3.05) is 33.7 Å². The van der Waals surface area contributed by atoms with E-state index in [2.05, 4.69) is 15.5 Å². The third-order valence-electron chi connectivity index (χ3n) is 5.46. The largest absolute Gasteiger partial charge is 0.354 e. The fourth-order valence-electron chi connectivity index (χ4n) is 3.83. The highest BCUT2D eigenvalue weighted by Gasteiger charge is 2.57. The van der Waals surface area contributed by atoms with Crippen molar-refractivity contribution >= 4 is 17.5 Å². The van der Waals surface area contributed by atoms with Gasteiger partial charge >= 0.3 is 0 Å². The zero-order valence-corrected chi connectivity index (χ0v) is 14.7. The van der Waals surface area contributed by atoms with Crippen LogP contribution in [0.5, 0.6) is 0 Å². The molecule has 3 rings (SSSR count). The summed E-state index contributed by atoms with van der Waals surface area (Å²) in [6.45, 7) is 2.69. The van der Waals surface area contributed by atoms with Gasteiger partial charge in [0, 0.05) is 17.5 Å². The summed E-state index contributed by atoms with van der Waals surface area (Å²) in [6, 6.07) is 7.95. The molecule has 2 unspecified atom stereocenters. The average Bonchev–Trinajstić information content (AvgIpc) is 3.22. The molecule has 2 aliphatic rings. The molecule has 1 aromatic rings. The minimum absolute atomic E-state index is 0.0929. The predicted molar refractivity (Wildman–Crippen MR) is 93.5 cm³/mol. The van der Waals surface area contributed by atoms with Gasteiger partial charge in [0.2, 0.25) is 5.91 Å². The Morgan fingerprint density at radius 2 is 2.09 bits per heavy atom. The summed E-state index contributed by atoms with van der Waals surface area (Å²) >= 11 is 6.32. The molecule has 5 heteroatoms.